The fraction of sp³-hybridized carbons (Fsp3) is 0. The molecule has 3 heterocycles. The number of benzene rings is 4. The van der Waals surface area contributed by atoms with E-state index in [1.807, 2.05) is 84.9 Å². The van der Waals surface area contributed by atoms with Gasteiger partial charge < -0.3 is 0 Å². The van der Waals surface area contributed by atoms with Crippen molar-refractivity contribution in [1.82, 2.24) is 18.9 Å². The van der Waals surface area contributed by atoms with Crippen molar-refractivity contribution in [3.8, 4) is 17.2 Å². The van der Waals surface area contributed by atoms with E-state index in [0.717, 1.165) is 22.0 Å². The fourth-order valence-electron chi connectivity index (χ4n) is 4.89. The molecule has 0 bridgehead atoms. The monoisotopic (exact) mass is 466 g/mol. The van der Waals surface area contributed by atoms with Crippen LogP contribution < -0.4 is 11.1 Å². The van der Waals surface area contributed by atoms with Crippen molar-refractivity contribution >= 4 is 38.2 Å². The van der Waals surface area contributed by atoms with Gasteiger partial charge in [0.25, 0.3) is 11.1 Å². The molecule has 0 N–H and O–H groups in total. The molecule has 0 aliphatic heterocycles. The summed E-state index contributed by atoms with van der Waals surface area (Å²) in [7, 11) is 0. The van der Waals surface area contributed by atoms with Gasteiger partial charge in [0.05, 0.1) is 22.1 Å². The average Bonchev–Trinajstić information content (AvgIpc) is 2.93. The lowest BCUT2D eigenvalue weighted by atomic mass is 10.1. The van der Waals surface area contributed by atoms with Crippen molar-refractivity contribution in [1.29, 1.82) is 0 Å². The number of nitrogens with zero attached hydrogens (tertiary/aromatic N) is 4. The van der Waals surface area contributed by atoms with Crippen molar-refractivity contribution in [2.45, 2.75) is 0 Å². The van der Waals surface area contributed by atoms with Crippen LogP contribution >= 0.6 is 0 Å². The maximum Gasteiger partial charge on any atom is 0.268 e. The molecule has 0 atom stereocenters. The predicted molar refractivity (Wildman–Crippen MR) is 143 cm³/mol. The quantitative estimate of drug-likeness (QED) is 0.254. The van der Waals surface area contributed by atoms with Crippen LogP contribution in [0.3, 0.4) is 0 Å². The molecule has 0 aliphatic rings. The molecule has 4 aromatic carbocycles. The Morgan fingerprint density at radius 3 is 2.08 bits per heavy atom. The first-order chi connectivity index (χ1) is 17.7. The van der Waals surface area contributed by atoms with Gasteiger partial charge in [-0.1, -0.05) is 78.9 Å². The van der Waals surface area contributed by atoms with Gasteiger partial charge in [0, 0.05) is 16.3 Å². The van der Waals surface area contributed by atoms with Crippen molar-refractivity contribution < 1.29 is 0 Å². The minimum absolute atomic E-state index is 0.197. The second-order valence-electron chi connectivity index (χ2n) is 8.64. The van der Waals surface area contributed by atoms with Crippen LogP contribution in [-0.2, 0) is 0 Å². The fourth-order valence-corrected chi connectivity index (χ4v) is 4.89. The van der Waals surface area contributed by atoms with Crippen LogP contribution in [0.1, 0.15) is 0 Å². The first-order valence-corrected chi connectivity index (χ1v) is 11.6. The van der Waals surface area contributed by atoms with E-state index in [0.29, 0.717) is 27.5 Å². The van der Waals surface area contributed by atoms with Gasteiger partial charge in [0.2, 0.25) is 5.95 Å². The summed E-state index contributed by atoms with van der Waals surface area (Å²) in [6.45, 7) is 0. The van der Waals surface area contributed by atoms with E-state index in [9.17, 15) is 9.59 Å². The molecule has 0 amide bonds. The topological polar surface area (TPSA) is 69.3 Å². The highest BCUT2D eigenvalue weighted by molar-refractivity contribution is 5.93. The molecule has 0 unspecified atom stereocenters. The zero-order chi connectivity index (χ0) is 24.2. The van der Waals surface area contributed by atoms with Crippen LogP contribution in [-0.4, -0.2) is 18.9 Å². The van der Waals surface area contributed by atoms with Gasteiger partial charge >= 0.3 is 0 Å². The number of fused-ring (bicyclic) bond motifs is 5. The third-order valence-electron chi connectivity index (χ3n) is 6.55. The minimum atomic E-state index is -0.283. The molecule has 6 nitrogen and oxygen atoms in total. The molecule has 7 rings (SSSR count). The highest BCUT2D eigenvalue weighted by atomic mass is 16.1. The van der Waals surface area contributed by atoms with Crippen LogP contribution in [0.25, 0.3) is 55.4 Å². The lowest BCUT2D eigenvalue weighted by Crippen LogP contribution is -2.28. The Balaban J connectivity index is 1.70. The molecule has 0 saturated heterocycles. The Bertz CT molecular complexity index is 2090. The number of aromatic nitrogens is 4. The maximum absolute atomic E-state index is 13.9. The first-order valence-electron chi connectivity index (χ1n) is 11.6. The molecule has 0 aliphatic carbocycles. The first kappa shape index (κ1) is 20.3. The van der Waals surface area contributed by atoms with Gasteiger partial charge in [-0.05, 0) is 35.7 Å². The summed E-state index contributed by atoms with van der Waals surface area (Å²) in [5, 5.41) is 2.62. The molecular weight excluding hydrogens is 448 g/mol. The van der Waals surface area contributed by atoms with Crippen LogP contribution in [0, 0.1) is 0 Å². The van der Waals surface area contributed by atoms with E-state index in [2.05, 4.69) is 0 Å². The van der Waals surface area contributed by atoms with E-state index in [1.54, 1.807) is 28.7 Å². The zero-order valence-corrected chi connectivity index (χ0v) is 19.0. The van der Waals surface area contributed by atoms with E-state index < -0.39 is 0 Å². The molecule has 6 heteroatoms. The lowest BCUT2D eigenvalue weighted by molar-refractivity contribution is 0.904. The summed E-state index contributed by atoms with van der Waals surface area (Å²) in [5.74, 6) is 0.218. The summed E-state index contributed by atoms with van der Waals surface area (Å²) in [6.07, 6.45) is 0. The summed E-state index contributed by atoms with van der Waals surface area (Å²) in [5.41, 5.74) is 2.83. The van der Waals surface area contributed by atoms with Crippen LogP contribution in [0.4, 0.5) is 0 Å². The Morgan fingerprint density at radius 1 is 0.583 bits per heavy atom. The average molecular weight is 467 g/mol. The van der Waals surface area contributed by atoms with Crippen LogP contribution in [0.15, 0.2) is 119 Å². The van der Waals surface area contributed by atoms with Gasteiger partial charge in [-0.25, -0.2) is 14.5 Å². The normalized spacial score (nSPS) is 11.6. The number of hydrogen-bond donors (Lipinski definition) is 0. The highest BCUT2D eigenvalue weighted by Gasteiger charge is 2.19. The molecule has 0 spiro atoms. The highest BCUT2D eigenvalue weighted by Crippen LogP contribution is 2.27. The van der Waals surface area contributed by atoms with Crippen molar-refractivity contribution in [2.75, 3.05) is 0 Å². The van der Waals surface area contributed by atoms with Gasteiger partial charge in [0.1, 0.15) is 5.65 Å². The second-order valence-corrected chi connectivity index (χ2v) is 8.64. The largest absolute Gasteiger partial charge is 0.268 e. The van der Waals surface area contributed by atoms with Gasteiger partial charge in [-0.3, -0.25) is 14.0 Å². The van der Waals surface area contributed by atoms with E-state index in [-0.39, 0.29) is 17.1 Å². The van der Waals surface area contributed by atoms with Crippen LogP contribution in [0.2, 0.25) is 0 Å². The standard InChI is InChI=1S/C30H18N4O2/c35-28-21-13-5-4-12-20(21)18-26-33(28)25-17-9-7-15-23(25)29(36)34(26)30-31-24-16-8-6-14-22(24)27(32-30)19-10-2-1-3-11-19/h1-18H. The Hall–Kier alpha value is -5.10. The maximum atomic E-state index is 13.9. The SMILES string of the molecule is O=c1c2ccccc2n2c(=O)c3ccccc3cc2n1-c1nc(-c2ccccc2)c2ccccc2n1. The molecule has 0 radical (unpaired) electrons. The third kappa shape index (κ3) is 2.91. The van der Waals surface area contributed by atoms with Crippen molar-refractivity contribution in [2.24, 2.45) is 0 Å². The summed E-state index contributed by atoms with van der Waals surface area (Å²) < 4.78 is 3.04. The number of hydrogen-bond acceptors (Lipinski definition) is 4. The number of rotatable bonds is 2. The van der Waals surface area contributed by atoms with Crippen molar-refractivity contribution in [3.05, 3.63) is 130 Å². The van der Waals surface area contributed by atoms with E-state index in [1.165, 1.54) is 4.57 Å². The zero-order valence-electron chi connectivity index (χ0n) is 19.0. The van der Waals surface area contributed by atoms with E-state index >= 15 is 0 Å². The molecule has 7 aromatic rings. The summed E-state index contributed by atoms with van der Waals surface area (Å²) >= 11 is 0. The van der Waals surface area contributed by atoms with Gasteiger partial charge in [0.15, 0.2) is 0 Å². The minimum Gasteiger partial charge on any atom is -0.268 e. The van der Waals surface area contributed by atoms with Gasteiger partial charge in [-0.15, -0.1) is 0 Å². The Morgan fingerprint density at radius 2 is 1.25 bits per heavy atom. The van der Waals surface area contributed by atoms with Crippen molar-refractivity contribution in [3.63, 3.8) is 0 Å². The summed E-state index contributed by atoms with van der Waals surface area (Å²) in [4.78, 5) is 37.3. The summed E-state index contributed by atoms with van der Waals surface area (Å²) in [6, 6.07) is 33.9. The third-order valence-corrected chi connectivity index (χ3v) is 6.55. The predicted octanol–water partition coefficient (Wildman–Crippen LogP) is 5.37. The van der Waals surface area contributed by atoms with E-state index in [4.69, 9.17) is 9.97 Å². The smallest absolute Gasteiger partial charge is 0.268 e. The number of pyridine rings is 1. The molecule has 0 saturated carbocycles. The molecule has 170 valence electrons. The Kier molecular flexibility index (Phi) is 4.35. The molecule has 36 heavy (non-hydrogen) atoms. The number of para-hydroxylation sites is 2. The molecular formula is C30H18N4O2. The van der Waals surface area contributed by atoms with Crippen LogP contribution in [0.5, 0.6) is 0 Å². The lowest BCUT2D eigenvalue weighted by Gasteiger charge is -2.15. The Labute approximate surface area is 204 Å². The molecule has 3 aromatic heterocycles. The second kappa shape index (κ2) is 7.71. The van der Waals surface area contributed by atoms with Gasteiger partial charge in [-0.2, -0.15) is 0 Å². The molecule has 0 fully saturated rings.